The van der Waals surface area contributed by atoms with Crippen molar-refractivity contribution in [3.05, 3.63) is 0 Å². The fraction of sp³-hybridized carbons (Fsp3) is 1.00. The minimum Gasteiger partial charge on any atom is -0.283 e. The van der Waals surface area contributed by atoms with Crippen molar-refractivity contribution >= 4 is 10.1 Å². The summed E-state index contributed by atoms with van der Waals surface area (Å²) in [7, 11) is -5.93. The molecule has 2 atom stereocenters. The second-order valence-electron chi connectivity index (χ2n) is 2.24. The van der Waals surface area contributed by atoms with E-state index in [4.69, 9.17) is 4.55 Å². The second kappa shape index (κ2) is 3.93. The van der Waals surface area contributed by atoms with Gasteiger partial charge in [0.25, 0.3) is 11.9 Å². The molecule has 1 N–H and O–H groups in total. The molecule has 0 fully saturated rings. The van der Waals surface area contributed by atoms with Gasteiger partial charge in [0.05, 0.1) is 0 Å². The van der Waals surface area contributed by atoms with Crippen molar-refractivity contribution < 1.29 is 39.3 Å². The minimum atomic E-state index is -5.93. The maximum absolute atomic E-state index is 12.2. The van der Waals surface area contributed by atoms with Crippen LogP contribution in [0, 0.1) is 0 Å². The molecule has 86 valence electrons. The van der Waals surface area contributed by atoms with Crippen LogP contribution in [0.1, 0.15) is 0 Å². The molecule has 3 nitrogen and oxygen atoms in total. The average Bonchev–Trinajstić information content (AvgIpc) is 1.99. The molecule has 0 aliphatic carbocycles. The van der Waals surface area contributed by atoms with Gasteiger partial charge in [0.15, 0.2) is 0 Å². The lowest BCUT2D eigenvalue weighted by atomic mass is 10.2. The Bertz CT molecular complexity index is 287. The van der Waals surface area contributed by atoms with Crippen LogP contribution >= 0.6 is 0 Å². The molecule has 0 aliphatic rings. The zero-order valence-corrected chi connectivity index (χ0v) is 6.99. The summed E-state index contributed by atoms with van der Waals surface area (Å²) < 4.78 is 98.6. The van der Waals surface area contributed by atoms with Gasteiger partial charge in [-0.15, -0.1) is 0 Å². The van der Waals surface area contributed by atoms with Gasteiger partial charge >= 0.3 is 16.0 Å². The molecule has 0 saturated heterocycles. The largest absolute Gasteiger partial charge is 0.331 e. The summed E-state index contributed by atoms with van der Waals surface area (Å²) in [6.07, 6.45) is -8.57. The normalized spacial score (nSPS) is 18.3. The van der Waals surface area contributed by atoms with Crippen LogP contribution in [0.5, 0.6) is 0 Å². The molecular formula is C4H4F6O3S. The summed E-state index contributed by atoms with van der Waals surface area (Å²) in [6, 6.07) is 0. The van der Waals surface area contributed by atoms with Gasteiger partial charge in [0, 0.05) is 0 Å². The Morgan fingerprint density at radius 3 is 1.64 bits per heavy atom. The first-order valence-electron chi connectivity index (χ1n) is 2.91. The van der Waals surface area contributed by atoms with E-state index in [1.165, 1.54) is 0 Å². The second-order valence-corrected chi connectivity index (χ2v) is 3.69. The standard InChI is InChI=1S/C4H4F6O3S/c5-1(2(6)7)4(9,10)3(8)14(11,12)13/h1-3H,(H,11,12,13). The van der Waals surface area contributed by atoms with Crippen molar-refractivity contribution in [2.45, 2.75) is 24.0 Å². The van der Waals surface area contributed by atoms with Gasteiger partial charge in [0.1, 0.15) is 0 Å². The molecule has 0 aromatic heterocycles. The quantitative estimate of drug-likeness (QED) is 0.602. The van der Waals surface area contributed by atoms with E-state index in [1.54, 1.807) is 0 Å². The van der Waals surface area contributed by atoms with Gasteiger partial charge < -0.3 is 0 Å². The van der Waals surface area contributed by atoms with Crippen LogP contribution in [-0.2, 0) is 10.1 Å². The third-order valence-corrected chi connectivity index (χ3v) is 1.99. The van der Waals surface area contributed by atoms with Gasteiger partial charge in [-0.25, -0.2) is 17.6 Å². The first-order chi connectivity index (χ1) is 6.01. The number of alkyl halides is 6. The van der Waals surface area contributed by atoms with Gasteiger partial charge in [-0.3, -0.25) is 4.55 Å². The monoisotopic (exact) mass is 246 g/mol. The predicted octanol–water partition coefficient (Wildman–Crippen LogP) is 1.41. The van der Waals surface area contributed by atoms with Gasteiger partial charge in [-0.1, -0.05) is 0 Å². The van der Waals surface area contributed by atoms with Crippen molar-refractivity contribution in [3.63, 3.8) is 0 Å². The van der Waals surface area contributed by atoms with E-state index in [2.05, 4.69) is 0 Å². The number of hydrogen-bond donors (Lipinski definition) is 1. The summed E-state index contributed by atoms with van der Waals surface area (Å²) in [4.78, 5) is 0. The third-order valence-electron chi connectivity index (χ3n) is 1.15. The fourth-order valence-electron chi connectivity index (χ4n) is 0.492. The Morgan fingerprint density at radius 1 is 1.07 bits per heavy atom. The molecule has 0 amide bonds. The number of rotatable bonds is 4. The highest BCUT2D eigenvalue weighted by atomic mass is 32.2. The summed E-state index contributed by atoms with van der Waals surface area (Å²) in [5.41, 5.74) is -4.42. The Labute approximate surface area is 74.5 Å². The van der Waals surface area contributed by atoms with E-state index in [-0.39, 0.29) is 0 Å². The highest BCUT2D eigenvalue weighted by Gasteiger charge is 2.58. The van der Waals surface area contributed by atoms with E-state index in [0.29, 0.717) is 0 Å². The maximum atomic E-state index is 12.2. The van der Waals surface area contributed by atoms with Crippen molar-refractivity contribution in [2.24, 2.45) is 0 Å². The van der Waals surface area contributed by atoms with Crippen LogP contribution in [0.25, 0.3) is 0 Å². The van der Waals surface area contributed by atoms with E-state index in [9.17, 15) is 34.8 Å². The van der Waals surface area contributed by atoms with Crippen LogP contribution in [-0.4, -0.2) is 37.0 Å². The fourth-order valence-corrected chi connectivity index (χ4v) is 1.02. The lowest BCUT2D eigenvalue weighted by Gasteiger charge is -2.21. The highest BCUT2D eigenvalue weighted by molar-refractivity contribution is 7.86. The van der Waals surface area contributed by atoms with Crippen molar-refractivity contribution in [1.82, 2.24) is 0 Å². The van der Waals surface area contributed by atoms with E-state index in [0.717, 1.165) is 0 Å². The molecule has 0 saturated carbocycles. The van der Waals surface area contributed by atoms with Crippen LogP contribution in [0.2, 0.25) is 0 Å². The van der Waals surface area contributed by atoms with Crippen LogP contribution in [0.4, 0.5) is 26.3 Å². The summed E-state index contributed by atoms with van der Waals surface area (Å²) in [6.45, 7) is 0. The molecule has 10 heteroatoms. The molecule has 2 unspecified atom stereocenters. The molecular weight excluding hydrogens is 242 g/mol. The van der Waals surface area contributed by atoms with Gasteiger partial charge in [0.2, 0.25) is 6.17 Å². The molecule has 0 spiro atoms. The van der Waals surface area contributed by atoms with Crippen LogP contribution < -0.4 is 0 Å². The smallest absolute Gasteiger partial charge is 0.283 e. The summed E-state index contributed by atoms with van der Waals surface area (Å²) in [5, 5.41) is 0. The van der Waals surface area contributed by atoms with Crippen LogP contribution in [0.15, 0.2) is 0 Å². The SMILES string of the molecule is O=S(=O)(O)C(F)C(F)(F)C(F)C(F)F. The maximum Gasteiger partial charge on any atom is 0.331 e. The zero-order valence-electron chi connectivity index (χ0n) is 6.17. The molecule has 0 radical (unpaired) electrons. The predicted molar refractivity (Wildman–Crippen MR) is 32.3 cm³/mol. The Hall–Kier alpha value is -0.510. The topological polar surface area (TPSA) is 54.4 Å². The molecule has 14 heavy (non-hydrogen) atoms. The summed E-state index contributed by atoms with van der Waals surface area (Å²) in [5.74, 6) is -5.50. The van der Waals surface area contributed by atoms with E-state index in [1.807, 2.05) is 0 Å². The first kappa shape index (κ1) is 13.5. The molecule has 0 aromatic rings. The van der Waals surface area contributed by atoms with Crippen molar-refractivity contribution in [2.75, 3.05) is 0 Å². The molecule has 0 aromatic carbocycles. The number of halogens is 6. The zero-order chi connectivity index (χ0) is 11.7. The van der Waals surface area contributed by atoms with E-state index >= 15 is 0 Å². The van der Waals surface area contributed by atoms with Crippen LogP contribution in [0.3, 0.4) is 0 Å². The average molecular weight is 246 g/mol. The van der Waals surface area contributed by atoms with Gasteiger partial charge in [-0.05, 0) is 0 Å². The van der Waals surface area contributed by atoms with Crippen molar-refractivity contribution in [3.8, 4) is 0 Å². The first-order valence-corrected chi connectivity index (χ1v) is 4.42. The molecule has 0 bridgehead atoms. The Morgan fingerprint density at radius 2 is 1.43 bits per heavy atom. The van der Waals surface area contributed by atoms with Gasteiger partial charge in [-0.2, -0.15) is 17.2 Å². The Balaban J connectivity index is 4.97. The van der Waals surface area contributed by atoms with Crippen molar-refractivity contribution in [1.29, 1.82) is 0 Å². The molecule has 0 aliphatic heterocycles. The highest BCUT2D eigenvalue weighted by Crippen LogP contribution is 2.33. The lowest BCUT2D eigenvalue weighted by Crippen LogP contribution is -2.47. The minimum absolute atomic E-state index is 4.26. The molecule has 0 rings (SSSR count). The molecule has 0 heterocycles. The number of hydrogen-bond acceptors (Lipinski definition) is 2. The summed E-state index contributed by atoms with van der Waals surface area (Å²) >= 11 is 0. The van der Waals surface area contributed by atoms with E-state index < -0.39 is 34.1 Å². The third kappa shape index (κ3) is 2.74. The Kier molecular flexibility index (Phi) is 3.78. The lowest BCUT2D eigenvalue weighted by molar-refractivity contribution is -0.148.